The molecule has 1 N–H and O–H groups in total. The Labute approximate surface area is 93.3 Å². The highest BCUT2D eigenvalue weighted by Gasteiger charge is 2.55. The van der Waals surface area contributed by atoms with Crippen LogP contribution in [0, 0.1) is 5.92 Å². The fraction of sp³-hybridized carbons (Fsp3) is 0.800. The van der Waals surface area contributed by atoms with Crippen LogP contribution in [0.4, 0.5) is 4.39 Å². The van der Waals surface area contributed by atoms with Crippen molar-refractivity contribution >= 4 is 11.9 Å². The topological polar surface area (TPSA) is 64.6 Å². The second-order valence-corrected chi connectivity index (χ2v) is 3.52. The van der Waals surface area contributed by atoms with E-state index in [1.165, 1.54) is 0 Å². The summed E-state index contributed by atoms with van der Waals surface area (Å²) in [5.74, 6) is -2.83. The van der Waals surface area contributed by atoms with Gasteiger partial charge < -0.3 is 14.8 Å². The van der Waals surface area contributed by atoms with Crippen LogP contribution in [0.1, 0.15) is 13.8 Å². The normalized spacial score (nSPS) is 28.8. The van der Waals surface area contributed by atoms with Crippen LogP contribution in [0.2, 0.25) is 0 Å². The number of esters is 2. The van der Waals surface area contributed by atoms with Gasteiger partial charge in [0.2, 0.25) is 5.67 Å². The molecule has 0 bridgehead atoms. The number of carbonyl (C=O) groups excluding carboxylic acids is 2. The van der Waals surface area contributed by atoms with Gasteiger partial charge in [-0.15, -0.1) is 0 Å². The molecule has 1 aliphatic rings. The predicted octanol–water partition coefficient (Wildman–Crippen LogP) is 0.0403. The van der Waals surface area contributed by atoms with Gasteiger partial charge in [0.25, 0.3) is 0 Å². The van der Waals surface area contributed by atoms with Crippen LogP contribution in [0.3, 0.4) is 0 Å². The number of hydrogen-bond acceptors (Lipinski definition) is 5. The molecule has 1 aliphatic heterocycles. The van der Waals surface area contributed by atoms with E-state index in [1.54, 1.807) is 13.8 Å². The predicted molar refractivity (Wildman–Crippen MR) is 53.5 cm³/mol. The Morgan fingerprint density at radius 1 is 1.38 bits per heavy atom. The molecule has 1 rings (SSSR count). The van der Waals surface area contributed by atoms with Crippen molar-refractivity contribution in [2.75, 3.05) is 26.3 Å². The minimum atomic E-state index is -2.30. The van der Waals surface area contributed by atoms with Gasteiger partial charge in [-0.05, 0) is 13.8 Å². The molecule has 16 heavy (non-hydrogen) atoms. The Bertz CT molecular complexity index is 284. The van der Waals surface area contributed by atoms with Gasteiger partial charge in [0.15, 0.2) is 0 Å². The van der Waals surface area contributed by atoms with E-state index >= 15 is 0 Å². The first-order valence-corrected chi connectivity index (χ1v) is 5.29. The maximum atomic E-state index is 14.3. The van der Waals surface area contributed by atoms with Crippen LogP contribution in [-0.4, -0.2) is 43.9 Å². The highest BCUT2D eigenvalue weighted by atomic mass is 19.1. The van der Waals surface area contributed by atoms with E-state index in [9.17, 15) is 14.0 Å². The summed E-state index contributed by atoms with van der Waals surface area (Å²) < 4.78 is 23.6. The zero-order valence-corrected chi connectivity index (χ0v) is 9.42. The summed E-state index contributed by atoms with van der Waals surface area (Å²) >= 11 is 0. The van der Waals surface area contributed by atoms with Gasteiger partial charge >= 0.3 is 11.9 Å². The lowest BCUT2D eigenvalue weighted by atomic mass is 9.93. The van der Waals surface area contributed by atoms with Crippen LogP contribution in [0.15, 0.2) is 0 Å². The van der Waals surface area contributed by atoms with Gasteiger partial charge in [-0.25, -0.2) is 9.18 Å². The minimum absolute atomic E-state index is 0.0834. The molecule has 5 nitrogen and oxygen atoms in total. The number of rotatable bonds is 4. The number of halogens is 1. The third-order valence-corrected chi connectivity index (χ3v) is 2.47. The van der Waals surface area contributed by atoms with Crippen LogP contribution in [0.5, 0.6) is 0 Å². The average Bonchev–Trinajstić information content (AvgIpc) is 2.62. The standard InChI is InChI=1S/C10H16FNO4/c1-3-15-8(13)7-5-12-6-10(7,11)9(14)16-4-2/h7,12H,3-6H2,1-2H3. The number of ether oxygens (including phenoxy) is 2. The molecule has 0 aromatic heterocycles. The first kappa shape index (κ1) is 12.9. The van der Waals surface area contributed by atoms with Gasteiger partial charge in [0, 0.05) is 13.1 Å². The van der Waals surface area contributed by atoms with Crippen molar-refractivity contribution in [1.82, 2.24) is 5.32 Å². The van der Waals surface area contributed by atoms with E-state index in [-0.39, 0.29) is 26.3 Å². The molecule has 0 radical (unpaired) electrons. The molecule has 1 fully saturated rings. The quantitative estimate of drug-likeness (QED) is 0.694. The molecule has 0 saturated carbocycles. The Balaban J connectivity index is 2.77. The summed E-state index contributed by atoms with van der Waals surface area (Å²) in [7, 11) is 0. The summed E-state index contributed by atoms with van der Waals surface area (Å²) in [4.78, 5) is 22.9. The van der Waals surface area contributed by atoms with Gasteiger partial charge in [-0.1, -0.05) is 0 Å². The third-order valence-electron chi connectivity index (χ3n) is 2.47. The monoisotopic (exact) mass is 233 g/mol. The molecule has 6 heteroatoms. The van der Waals surface area contributed by atoms with Crippen LogP contribution < -0.4 is 5.32 Å². The second kappa shape index (κ2) is 5.25. The highest BCUT2D eigenvalue weighted by Crippen LogP contribution is 2.29. The third kappa shape index (κ3) is 2.32. The lowest BCUT2D eigenvalue weighted by Gasteiger charge is -2.22. The Morgan fingerprint density at radius 3 is 2.56 bits per heavy atom. The van der Waals surface area contributed by atoms with Gasteiger partial charge in [0.05, 0.1) is 13.2 Å². The van der Waals surface area contributed by atoms with Crippen molar-refractivity contribution in [3.05, 3.63) is 0 Å². The molecule has 92 valence electrons. The van der Waals surface area contributed by atoms with Crippen LogP contribution in [-0.2, 0) is 19.1 Å². The molecule has 0 aliphatic carbocycles. The van der Waals surface area contributed by atoms with Crippen LogP contribution >= 0.6 is 0 Å². The molecular weight excluding hydrogens is 217 g/mol. The fourth-order valence-electron chi connectivity index (χ4n) is 1.66. The van der Waals surface area contributed by atoms with Crippen molar-refractivity contribution in [3.63, 3.8) is 0 Å². The van der Waals surface area contributed by atoms with Gasteiger partial charge in [0.1, 0.15) is 5.92 Å². The highest BCUT2D eigenvalue weighted by molar-refractivity contribution is 5.88. The first-order chi connectivity index (χ1) is 7.56. The Hall–Kier alpha value is -1.17. The summed E-state index contributed by atoms with van der Waals surface area (Å²) in [6, 6.07) is 0. The average molecular weight is 233 g/mol. The van der Waals surface area contributed by atoms with E-state index in [0.29, 0.717) is 0 Å². The molecule has 0 spiro atoms. The lowest BCUT2D eigenvalue weighted by Crippen LogP contribution is -2.46. The smallest absolute Gasteiger partial charge is 0.346 e. The molecule has 0 aromatic rings. The van der Waals surface area contributed by atoms with E-state index < -0.39 is 23.5 Å². The number of nitrogens with one attached hydrogen (secondary N) is 1. The SMILES string of the molecule is CCOC(=O)C1CNCC1(F)C(=O)OCC. The maximum absolute atomic E-state index is 14.3. The Morgan fingerprint density at radius 2 is 2.00 bits per heavy atom. The number of carbonyl (C=O) groups is 2. The van der Waals surface area contributed by atoms with E-state index in [0.717, 1.165) is 0 Å². The molecular formula is C10H16FNO4. The molecule has 0 amide bonds. The lowest BCUT2D eigenvalue weighted by molar-refractivity contribution is -0.167. The first-order valence-electron chi connectivity index (χ1n) is 5.29. The Kier molecular flexibility index (Phi) is 4.23. The summed E-state index contributed by atoms with van der Waals surface area (Å²) in [5, 5.41) is 2.66. The minimum Gasteiger partial charge on any atom is -0.466 e. The summed E-state index contributed by atoms with van der Waals surface area (Å²) in [6.07, 6.45) is 0. The summed E-state index contributed by atoms with van der Waals surface area (Å²) in [6.45, 7) is 3.34. The van der Waals surface area contributed by atoms with Gasteiger partial charge in [-0.3, -0.25) is 4.79 Å². The second-order valence-electron chi connectivity index (χ2n) is 3.52. The van der Waals surface area contributed by atoms with E-state index in [4.69, 9.17) is 4.74 Å². The number of hydrogen-bond donors (Lipinski definition) is 1. The zero-order chi connectivity index (χ0) is 12.2. The largest absolute Gasteiger partial charge is 0.466 e. The van der Waals surface area contributed by atoms with Gasteiger partial charge in [-0.2, -0.15) is 0 Å². The van der Waals surface area contributed by atoms with Crippen molar-refractivity contribution in [2.45, 2.75) is 19.5 Å². The van der Waals surface area contributed by atoms with E-state index in [2.05, 4.69) is 10.1 Å². The molecule has 0 aromatic carbocycles. The fourth-order valence-corrected chi connectivity index (χ4v) is 1.66. The van der Waals surface area contributed by atoms with Crippen molar-refractivity contribution in [1.29, 1.82) is 0 Å². The van der Waals surface area contributed by atoms with E-state index in [1.807, 2.05) is 0 Å². The molecule has 2 unspecified atom stereocenters. The van der Waals surface area contributed by atoms with Crippen LogP contribution in [0.25, 0.3) is 0 Å². The molecule has 2 atom stereocenters. The summed E-state index contributed by atoms with van der Waals surface area (Å²) in [5.41, 5.74) is -2.30. The van der Waals surface area contributed by atoms with Crippen molar-refractivity contribution < 1.29 is 23.5 Å². The number of alkyl halides is 1. The maximum Gasteiger partial charge on any atom is 0.346 e. The zero-order valence-electron chi connectivity index (χ0n) is 9.42. The molecule has 1 heterocycles. The van der Waals surface area contributed by atoms with Crippen molar-refractivity contribution in [3.8, 4) is 0 Å². The van der Waals surface area contributed by atoms with Crippen molar-refractivity contribution in [2.24, 2.45) is 5.92 Å². The molecule has 1 saturated heterocycles.